The van der Waals surface area contributed by atoms with Crippen LogP contribution in [0.1, 0.15) is 26.0 Å². The second-order valence-corrected chi connectivity index (χ2v) is 4.16. The molecule has 5 heteroatoms. The van der Waals surface area contributed by atoms with Gasteiger partial charge in [-0.25, -0.2) is 0 Å². The van der Waals surface area contributed by atoms with Crippen LogP contribution in [-0.4, -0.2) is 21.2 Å². The number of carbonyl (C=O) groups is 1. The third kappa shape index (κ3) is 2.04. The molecule has 0 spiro atoms. The summed E-state index contributed by atoms with van der Waals surface area (Å²) in [7, 11) is 0. The lowest BCUT2D eigenvalue weighted by atomic mass is 9.99. The number of hydrogen-bond acceptors (Lipinski definition) is 3. The summed E-state index contributed by atoms with van der Waals surface area (Å²) in [6.07, 6.45) is 2.40. The highest BCUT2D eigenvalue weighted by Gasteiger charge is 2.29. The van der Waals surface area contributed by atoms with Gasteiger partial charge in [0, 0.05) is 13.0 Å². The van der Waals surface area contributed by atoms with Gasteiger partial charge in [0.1, 0.15) is 11.9 Å². The Morgan fingerprint density at radius 3 is 2.93 bits per heavy atom. The molecule has 78 valence electrons. The second kappa shape index (κ2) is 4.23. The van der Waals surface area contributed by atoms with Gasteiger partial charge in [-0.3, -0.25) is 4.68 Å². The van der Waals surface area contributed by atoms with E-state index in [0.717, 1.165) is 4.47 Å². The predicted octanol–water partition coefficient (Wildman–Crippen LogP) is 1.46. The molecule has 1 unspecified atom stereocenters. The summed E-state index contributed by atoms with van der Waals surface area (Å²) in [5.41, 5.74) is -0.514. The van der Waals surface area contributed by atoms with Gasteiger partial charge in [-0.15, -0.1) is 0 Å². The Morgan fingerprint density at radius 1 is 1.79 bits per heavy atom. The highest BCUT2D eigenvalue weighted by Crippen LogP contribution is 2.30. The minimum Gasteiger partial charge on any atom is -0.383 e. The van der Waals surface area contributed by atoms with E-state index >= 15 is 0 Å². The molecule has 4 nitrogen and oxygen atoms in total. The minimum absolute atomic E-state index is 0.0668. The topological polar surface area (TPSA) is 55.1 Å². The van der Waals surface area contributed by atoms with Crippen LogP contribution in [0.5, 0.6) is 0 Å². The third-order valence-corrected chi connectivity index (χ3v) is 2.67. The molecule has 1 heterocycles. The molecule has 0 saturated heterocycles. The SMILES string of the molecule is CCn1ncc(Br)c1C(C)(O)CC=O. The molecule has 14 heavy (non-hydrogen) atoms. The largest absolute Gasteiger partial charge is 0.383 e. The van der Waals surface area contributed by atoms with Gasteiger partial charge in [0.25, 0.3) is 0 Å². The van der Waals surface area contributed by atoms with Gasteiger partial charge < -0.3 is 9.90 Å². The molecule has 0 fully saturated rings. The molecule has 0 radical (unpaired) electrons. The molecule has 1 aromatic heterocycles. The molecule has 1 rings (SSSR count). The molecule has 1 aromatic rings. The molecule has 0 bridgehead atoms. The van der Waals surface area contributed by atoms with E-state index in [1.807, 2.05) is 6.92 Å². The van der Waals surface area contributed by atoms with Crippen molar-refractivity contribution in [2.24, 2.45) is 0 Å². The summed E-state index contributed by atoms with van der Waals surface area (Å²) >= 11 is 3.30. The minimum atomic E-state index is -1.16. The molecule has 0 aliphatic carbocycles. The van der Waals surface area contributed by atoms with Crippen LogP contribution in [0.2, 0.25) is 0 Å². The monoisotopic (exact) mass is 260 g/mol. The van der Waals surface area contributed by atoms with E-state index in [4.69, 9.17) is 0 Å². The molecular weight excluding hydrogens is 248 g/mol. The fraction of sp³-hybridized carbons (Fsp3) is 0.556. The zero-order valence-electron chi connectivity index (χ0n) is 8.20. The van der Waals surface area contributed by atoms with Crippen LogP contribution in [0, 0.1) is 0 Å². The van der Waals surface area contributed by atoms with Crippen LogP contribution in [0.15, 0.2) is 10.7 Å². The standard InChI is InChI=1S/C9H13BrN2O2/c1-3-12-8(7(10)6-11-12)9(2,14)4-5-13/h5-6,14H,3-4H2,1-2H3. The van der Waals surface area contributed by atoms with E-state index in [1.54, 1.807) is 17.8 Å². The number of aromatic nitrogens is 2. The summed E-state index contributed by atoms with van der Waals surface area (Å²) in [5.74, 6) is 0. The lowest BCUT2D eigenvalue weighted by Gasteiger charge is -2.22. The zero-order valence-corrected chi connectivity index (χ0v) is 9.78. The second-order valence-electron chi connectivity index (χ2n) is 3.30. The van der Waals surface area contributed by atoms with E-state index in [1.165, 1.54) is 0 Å². The van der Waals surface area contributed by atoms with E-state index < -0.39 is 5.60 Å². The summed E-state index contributed by atoms with van der Waals surface area (Å²) in [6, 6.07) is 0. The Bertz CT molecular complexity index is 334. The highest BCUT2D eigenvalue weighted by atomic mass is 79.9. The van der Waals surface area contributed by atoms with Gasteiger partial charge in [-0.2, -0.15) is 5.10 Å². The molecule has 0 amide bonds. The number of aldehydes is 1. The molecule has 1 N–H and O–H groups in total. The number of nitrogens with zero attached hydrogens (tertiary/aromatic N) is 2. The first-order chi connectivity index (χ1) is 6.53. The van der Waals surface area contributed by atoms with Crippen molar-refractivity contribution in [3.63, 3.8) is 0 Å². The fourth-order valence-electron chi connectivity index (χ4n) is 1.40. The Hall–Kier alpha value is -0.680. The fourth-order valence-corrected chi connectivity index (χ4v) is 2.12. The van der Waals surface area contributed by atoms with Gasteiger partial charge in [0.2, 0.25) is 0 Å². The van der Waals surface area contributed by atoms with Gasteiger partial charge >= 0.3 is 0 Å². The summed E-state index contributed by atoms with van der Waals surface area (Å²) in [6.45, 7) is 4.20. The summed E-state index contributed by atoms with van der Waals surface area (Å²) in [4.78, 5) is 10.4. The lowest BCUT2D eigenvalue weighted by molar-refractivity contribution is -0.112. The molecule has 0 saturated carbocycles. The molecule has 0 aliphatic heterocycles. The van der Waals surface area contributed by atoms with Crippen LogP contribution < -0.4 is 0 Å². The van der Waals surface area contributed by atoms with Gasteiger partial charge in [0.05, 0.1) is 16.4 Å². The Labute approximate surface area is 91.1 Å². The maximum absolute atomic E-state index is 10.4. The van der Waals surface area contributed by atoms with E-state index in [0.29, 0.717) is 18.5 Å². The first-order valence-corrected chi connectivity index (χ1v) is 5.20. The number of carbonyl (C=O) groups excluding carboxylic acids is 1. The van der Waals surface area contributed by atoms with E-state index in [2.05, 4.69) is 21.0 Å². The van der Waals surface area contributed by atoms with Crippen LogP contribution in [-0.2, 0) is 16.9 Å². The summed E-state index contributed by atoms with van der Waals surface area (Å²) in [5, 5.41) is 14.1. The zero-order chi connectivity index (χ0) is 10.8. The van der Waals surface area contributed by atoms with E-state index in [9.17, 15) is 9.90 Å². The number of aryl methyl sites for hydroxylation is 1. The first kappa shape index (κ1) is 11.4. The average molecular weight is 261 g/mol. The van der Waals surface area contributed by atoms with Crippen molar-refractivity contribution in [1.82, 2.24) is 9.78 Å². The van der Waals surface area contributed by atoms with Crippen molar-refractivity contribution in [2.75, 3.05) is 0 Å². The maximum atomic E-state index is 10.4. The maximum Gasteiger partial charge on any atom is 0.123 e. The van der Waals surface area contributed by atoms with E-state index in [-0.39, 0.29) is 6.42 Å². The Morgan fingerprint density at radius 2 is 2.43 bits per heavy atom. The van der Waals surface area contributed by atoms with Gasteiger partial charge in [-0.05, 0) is 29.8 Å². The normalized spacial score (nSPS) is 15.1. The Balaban J connectivity index is 3.14. The van der Waals surface area contributed by atoms with Crippen molar-refractivity contribution in [2.45, 2.75) is 32.4 Å². The number of aliphatic hydroxyl groups is 1. The third-order valence-electron chi connectivity index (χ3n) is 2.09. The van der Waals surface area contributed by atoms with Crippen molar-refractivity contribution in [3.8, 4) is 0 Å². The van der Waals surface area contributed by atoms with Crippen LogP contribution in [0.3, 0.4) is 0 Å². The van der Waals surface area contributed by atoms with Crippen LogP contribution >= 0.6 is 15.9 Å². The molecule has 0 aromatic carbocycles. The summed E-state index contributed by atoms with van der Waals surface area (Å²) < 4.78 is 2.40. The van der Waals surface area contributed by atoms with Gasteiger partial charge in [0.15, 0.2) is 0 Å². The number of rotatable bonds is 4. The predicted molar refractivity (Wildman–Crippen MR) is 55.9 cm³/mol. The number of hydrogen-bond donors (Lipinski definition) is 1. The van der Waals surface area contributed by atoms with Crippen molar-refractivity contribution < 1.29 is 9.90 Å². The first-order valence-electron chi connectivity index (χ1n) is 4.40. The number of halogens is 1. The quantitative estimate of drug-likeness (QED) is 0.835. The van der Waals surface area contributed by atoms with Crippen LogP contribution in [0.4, 0.5) is 0 Å². The van der Waals surface area contributed by atoms with Crippen molar-refractivity contribution in [3.05, 3.63) is 16.4 Å². The average Bonchev–Trinajstić information content (AvgIpc) is 2.47. The van der Waals surface area contributed by atoms with Crippen LogP contribution in [0.25, 0.3) is 0 Å². The highest BCUT2D eigenvalue weighted by molar-refractivity contribution is 9.10. The van der Waals surface area contributed by atoms with Gasteiger partial charge in [-0.1, -0.05) is 0 Å². The Kier molecular flexibility index (Phi) is 3.44. The van der Waals surface area contributed by atoms with Crippen molar-refractivity contribution in [1.29, 1.82) is 0 Å². The van der Waals surface area contributed by atoms with Crippen molar-refractivity contribution >= 4 is 22.2 Å². The molecule has 0 aliphatic rings. The molecule has 1 atom stereocenters. The lowest BCUT2D eigenvalue weighted by Crippen LogP contribution is -2.26. The molecular formula is C9H13BrN2O2. The smallest absolute Gasteiger partial charge is 0.123 e.